The summed E-state index contributed by atoms with van der Waals surface area (Å²) in [6.45, 7) is 19.4. The fourth-order valence-electron chi connectivity index (χ4n) is 3.53. The number of hydrogen-bond donors (Lipinski definition) is 0. The van der Waals surface area contributed by atoms with Crippen LogP contribution in [0.5, 0.6) is 0 Å². The third kappa shape index (κ3) is 3.41. The molecule has 0 spiro atoms. The largest absolute Gasteiger partial charge is 0.103 e. The molecule has 108 valence electrons. The van der Waals surface area contributed by atoms with Gasteiger partial charge < -0.3 is 0 Å². The standard InChI is InChI=1S/C19H32/c1-7-16-13-11-10-12-14-19(6,9-3)18(4,5)17(8-2)15-16/h7-9,16-17H,1-3,10-15H2,4-6H3. The zero-order valence-electron chi connectivity index (χ0n) is 13.3. The predicted octanol–water partition coefficient (Wildman–Crippen LogP) is 6.16. The Hall–Kier alpha value is -0.780. The maximum Gasteiger partial charge on any atom is -0.00924 e. The molecule has 3 unspecified atom stereocenters. The van der Waals surface area contributed by atoms with Crippen molar-refractivity contribution in [3.8, 4) is 0 Å². The monoisotopic (exact) mass is 260 g/mol. The molecule has 1 fully saturated rings. The molecule has 0 aromatic heterocycles. The Morgan fingerprint density at radius 3 is 2.16 bits per heavy atom. The third-order valence-electron chi connectivity index (χ3n) is 5.80. The van der Waals surface area contributed by atoms with Crippen molar-refractivity contribution >= 4 is 0 Å². The lowest BCUT2D eigenvalue weighted by molar-refractivity contribution is 0.0633. The molecule has 1 aliphatic rings. The maximum atomic E-state index is 4.13. The van der Waals surface area contributed by atoms with Crippen molar-refractivity contribution in [2.75, 3.05) is 0 Å². The van der Waals surface area contributed by atoms with Crippen molar-refractivity contribution in [1.82, 2.24) is 0 Å². The van der Waals surface area contributed by atoms with Crippen LogP contribution in [0, 0.1) is 22.7 Å². The highest BCUT2D eigenvalue weighted by molar-refractivity contribution is 5.08. The van der Waals surface area contributed by atoms with Gasteiger partial charge >= 0.3 is 0 Å². The highest BCUT2D eigenvalue weighted by Crippen LogP contribution is 2.51. The second-order valence-electron chi connectivity index (χ2n) is 7.02. The third-order valence-corrected chi connectivity index (χ3v) is 5.80. The minimum atomic E-state index is 0.189. The van der Waals surface area contributed by atoms with E-state index in [1.807, 2.05) is 0 Å². The van der Waals surface area contributed by atoms with Crippen LogP contribution < -0.4 is 0 Å². The summed E-state index contributed by atoms with van der Waals surface area (Å²) >= 11 is 0. The Bertz CT molecular complexity index is 323. The SMILES string of the molecule is C=CC1CCCCCC(C)(C=C)C(C)(C)C(C=C)C1. The van der Waals surface area contributed by atoms with E-state index in [9.17, 15) is 0 Å². The van der Waals surface area contributed by atoms with Crippen LogP contribution in [-0.4, -0.2) is 0 Å². The van der Waals surface area contributed by atoms with E-state index in [1.165, 1.54) is 38.5 Å². The molecule has 3 atom stereocenters. The van der Waals surface area contributed by atoms with Gasteiger partial charge in [-0.25, -0.2) is 0 Å². The van der Waals surface area contributed by atoms with E-state index >= 15 is 0 Å². The fourth-order valence-corrected chi connectivity index (χ4v) is 3.53. The zero-order chi connectivity index (χ0) is 14.5. The molecular formula is C19H32. The van der Waals surface area contributed by atoms with E-state index in [-0.39, 0.29) is 10.8 Å². The molecule has 0 aromatic rings. The summed E-state index contributed by atoms with van der Waals surface area (Å²) < 4.78 is 0. The van der Waals surface area contributed by atoms with Crippen molar-refractivity contribution in [2.45, 2.75) is 59.3 Å². The van der Waals surface area contributed by atoms with Crippen LogP contribution in [0.25, 0.3) is 0 Å². The van der Waals surface area contributed by atoms with Gasteiger partial charge in [-0.15, -0.1) is 19.7 Å². The van der Waals surface area contributed by atoms with E-state index < -0.39 is 0 Å². The normalized spacial score (nSPS) is 36.2. The molecule has 0 aliphatic heterocycles. The summed E-state index contributed by atoms with van der Waals surface area (Å²) in [5.74, 6) is 1.16. The van der Waals surface area contributed by atoms with E-state index in [4.69, 9.17) is 0 Å². The number of allylic oxidation sites excluding steroid dienone is 3. The first-order valence-corrected chi connectivity index (χ1v) is 7.80. The van der Waals surface area contributed by atoms with Gasteiger partial charge in [0.05, 0.1) is 0 Å². The second-order valence-corrected chi connectivity index (χ2v) is 7.02. The predicted molar refractivity (Wildman–Crippen MR) is 87.2 cm³/mol. The van der Waals surface area contributed by atoms with Crippen LogP contribution in [0.15, 0.2) is 38.0 Å². The molecule has 0 heteroatoms. The first-order valence-electron chi connectivity index (χ1n) is 7.80. The van der Waals surface area contributed by atoms with E-state index in [1.54, 1.807) is 0 Å². The summed E-state index contributed by atoms with van der Waals surface area (Å²) in [5, 5.41) is 0. The van der Waals surface area contributed by atoms with Gasteiger partial charge in [-0.2, -0.15) is 0 Å². The molecule has 1 rings (SSSR count). The van der Waals surface area contributed by atoms with E-state index in [0.717, 1.165) is 0 Å². The number of rotatable bonds is 3. The molecule has 19 heavy (non-hydrogen) atoms. The lowest BCUT2D eigenvalue weighted by Crippen LogP contribution is -2.40. The van der Waals surface area contributed by atoms with Crippen LogP contribution >= 0.6 is 0 Å². The molecular weight excluding hydrogens is 228 g/mol. The Labute approximate surface area is 120 Å². The topological polar surface area (TPSA) is 0 Å². The van der Waals surface area contributed by atoms with Gasteiger partial charge in [0.15, 0.2) is 0 Å². The molecule has 0 aromatic carbocycles. The lowest BCUT2D eigenvalue weighted by Gasteiger charge is -2.48. The summed E-state index contributed by atoms with van der Waals surface area (Å²) in [7, 11) is 0. The van der Waals surface area contributed by atoms with Crippen LogP contribution in [0.4, 0.5) is 0 Å². The first-order chi connectivity index (χ1) is 8.91. The van der Waals surface area contributed by atoms with Gasteiger partial charge in [0, 0.05) is 0 Å². The minimum absolute atomic E-state index is 0.189. The highest BCUT2D eigenvalue weighted by Gasteiger charge is 2.43. The first kappa shape index (κ1) is 16.3. The molecule has 0 amide bonds. The molecule has 1 aliphatic carbocycles. The molecule has 0 N–H and O–H groups in total. The summed E-state index contributed by atoms with van der Waals surface area (Å²) in [4.78, 5) is 0. The molecule has 0 heterocycles. The fraction of sp³-hybridized carbons (Fsp3) is 0.684. The van der Waals surface area contributed by atoms with Crippen LogP contribution in [0.2, 0.25) is 0 Å². The minimum Gasteiger partial charge on any atom is -0.103 e. The van der Waals surface area contributed by atoms with E-state index in [0.29, 0.717) is 11.8 Å². The zero-order valence-corrected chi connectivity index (χ0v) is 13.3. The van der Waals surface area contributed by atoms with Gasteiger partial charge in [-0.3, -0.25) is 0 Å². The van der Waals surface area contributed by atoms with Crippen LogP contribution in [0.1, 0.15) is 59.3 Å². The van der Waals surface area contributed by atoms with Gasteiger partial charge in [-0.1, -0.05) is 58.3 Å². The molecule has 0 saturated heterocycles. The van der Waals surface area contributed by atoms with Gasteiger partial charge in [0.2, 0.25) is 0 Å². The van der Waals surface area contributed by atoms with Crippen molar-refractivity contribution < 1.29 is 0 Å². The molecule has 1 saturated carbocycles. The molecule has 0 bridgehead atoms. The summed E-state index contributed by atoms with van der Waals surface area (Å²) in [6.07, 6.45) is 14.2. The average molecular weight is 260 g/mol. The van der Waals surface area contributed by atoms with Gasteiger partial charge in [0.25, 0.3) is 0 Å². The van der Waals surface area contributed by atoms with Gasteiger partial charge in [-0.05, 0) is 41.9 Å². The average Bonchev–Trinajstić information content (AvgIpc) is 2.40. The quantitative estimate of drug-likeness (QED) is 0.533. The van der Waals surface area contributed by atoms with Crippen molar-refractivity contribution in [3.63, 3.8) is 0 Å². The lowest BCUT2D eigenvalue weighted by atomic mass is 9.56. The van der Waals surface area contributed by atoms with Crippen molar-refractivity contribution in [1.29, 1.82) is 0 Å². The molecule has 0 nitrogen and oxygen atoms in total. The highest BCUT2D eigenvalue weighted by atomic mass is 14.5. The Kier molecular flexibility index (Phi) is 5.64. The maximum absolute atomic E-state index is 4.13. The van der Waals surface area contributed by atoms with Crippen LogP contribution in [0.3, 0.4) is 0 Å². The van der Waals surface area contributed by atoms with Crippen LogP contribution in [-0.2, 0) is 0 Å². The summed E-state index contributed by atoms with van der Waals surface area (Å²) in [6, 6.07) is 0. The van der Waals surface area contributed by atoms with Crippen molar-refractivity contribution in [3.05, 3.63) is 38.0 Å². The Balaban J connectivity index is 3.08. The van der Waals surface area contributed by atoms with Crippen molar-refractivity contribution in [2.24, 2.45) is 22.7 Å². The Morgan fingerprint density at radius 2 is 1.63 bits per heavy atom. The number of hydrogen-bond acceptors (Lipinski definition) is 0. The Morgan fingerprint density at radius 1 is 0.947 bits per heavy atom. The smallest absolute Gasteiger partial charge is 0.00924 e. The summed E-state index contributed by atoms with van der Waals surface area (Å²) in [5.41, 5.74) is 0.393. The van der Waals surface area contributed by atoms with Gasteiger partial charge in [0.1, 0.15) is 0 Å². The second kappa shape index (κ2) is 6.59. The van der Waals surface area contributed by atoms with E-state index in [2.05, 4.69) is 58.7 Å². The molecule has 0 radical (unpaired) electrons.